The van der Waals surface area contributed by atoms with E-state index in [4.69, 9.17) is 0 Å². The van der Waals surface area contributed by atoms with Gasteiger partial charge in [0.2, 0.25) is 11.8 Å². The molecule has 4 aromatic carbocycles. The van der Waals surface area contributed by atoms with Gasteiger partial charge in [-0.3, -0.25) is 9.59 Å². The van der Waals surface area contributed by atoms with E-state index in [0.29, 0.717) is 17.8 Å². The molecule has 2 N–H and O–H groups in total. The van der Waals surface area contributed by atoms with Gasteiger partial charge in [0.15, 0.2) is 0 Å². The Kier molecular flexibility index (Phi) is 11.0. The molecule has 0 aliphatic heterocycles. The molecule has 0 saturated carbocycles. The van der Waals surface area contributed by atoms with Gasteiger partial charge in [-0.2, -0.15) is 4.68 Å². The third-order valence-corrected chi connectivity index (χ3v) is 8.09. The summed E-state index contributed by atoms with van der Waals surface area (Å²) in [6.07, 6.45) is 4.72. The Morgan fingerprint density at radius 1 is 0.978 bits per heavy atom. The molecule has 46 heavy (non-hydrogen) atoms. The SMILES string of the molecule is CN(C)Cc1ccccc1-c1ccc(NC(=O)[C@H](Cc2ccccc2)NC(=O)/C=C/c2cc(CI)ccc2-n2cnnn2)c(F)c1. The Bertz CT molecular complexity index is 1830. The molecule has 9 nitrogen and oxygen atoms in total. The Balaban J connectivity index is 1.35. The van der Waals surface area contributed by atoms with Crippen LogP contribution in [0.1, 0.15) is 22.3 Å². The first-order chi connectivity index (χ1) is 22.3. The quantitative estimate of drug-likeness (QED) is 0.0950. The zero-order valence-corrected chi connectivity index (χ0v) is 27.6. The fourth-order valence-electron chi connectivity index (χ4n) is 5.03. The number of anilines is 1. The lowest BCUT2D eigenvalue weighted by atomic mass is 9.99. The van der Waals surface area contributed by atoms with Crippen LogP contribution in [0.4, 0.5) is 10.1 Å². The number of amides is 2. The Labute approximate surface area is 280 Å². The summed E-state index contributed by atoms with van der Waals surface area (Å²) in [5.41, 5.74) is 6.06. The van der Waals surface area contributed by atoms with Crippen LogP contribution in [0.5, 0.6) is 0 Å². The fourth-order valence-corrected chi connectivity index (χ4v) is 5.50. The van der Waals surface area contributed by atoms with E-state index in [9.17, 15) is 9.59 Å². The molecule has 1 atom stereocenters. The van der Waals surface area contributed by atoms with Gasteiger partial charge in [-0.05, 0) is 82.7 Å². The van der Waals surface area contributed by atoms with Gasteiger partial charge in [-0.1, -0.05) is 89.3 Å². The number of rotatable bonds is 12. The zero-order valence-electron chi connectivity index (χ0n) is 25.4. The number of nitrogens with one attached hydrogen (secondary N) is 2. The lowest BCUT2D eigenvalue weighted by molar-refractivity contribution is -0.123. The zero-order chi connectivity index (χ0) is 32.5. The Hall–Kier alpha value is -4.75. The number of nitrogens with zero attached hydrogens (tertiary/aromatic N) is 5. The van der Waals surface area contributed by atoms with Crippen LogP contribution in [0, 0.1) is 5.82 Å². The summed E-state index contributed by atoms with van der Waals surface area (Å²) >= 11 is 2.27. The molecule has 0 fully saturated rings. The largest absolute Gasteiger partial charge is 0.340 e. The number of carbonyl (C=O) groups is 2. The van der Waals surface area contributed by atoms with Crippen molar-refractivity contribution in [3.05, 3.63) is 131 Å². The van der Waals surface area contributed by atoms with Gasteiger partial charge in [-0.15, -0.1) is 5.10 Å². The molecule has 2 amide bonds. The number of hydrogen-bond donors (Lipinski definition) is 2. The van der Waals surface area contributed by atoms with Crippen LogP contribution in [0.3, 0.4) is 0 Å². The number of hydrogen-bond acceptors (Lipinski definition) is 6. The highest BCUT2D eigenvalue weighted by molar-refractivity contribution is 14.1. The van der Waals surface area contributed by atoms with Crippen LogP contribution >= 0.6 is 22.6 Å². The van der Waals surface area contributed by atoms with Gasteiger partial charge in [0.25, 0.3) is 0 Å². The van der Waals surface area contributed by atoms with Crippen LogP contribution in [0.25, 0.3) is 22.9 Å². The number of halogens is 2. The number of aromatic nitrogens is 4. The van der Waals surface area contributed by atoms with E-state index < -0.39 is 23.7 Å². The van der Waals surface area contributed by atoms with Crippen LogP contribution in [-0.2, 0) is 27.0 Å². The van der Waals surface area contributed by atoms with Gasteiger partial charge >= 0.3 is 0 Å². The summed E-state index contributed by atoms with van der Waals surface area (Å²) in [4.78, 5) is 28.8. The van der Waals surface area contributed by atoms with Gasteiger partial charge in [0.1, 0.15) is 18.2 Å². The highest BCUT2D eigenvalue weighted by atomic mass is 127. The first-order valence-corrected chi connectivity index (χ1v) is 16.1. The topological polar surface area (TPSA) is 105 Å². The van der Waals surface area contributed by atoms with E-state index in [1.165, 1.54) is 23.2 Å². The molecule has 0 aliphatic carbocycles. The second-order valence-electron chi connectivity index (χ2n) is 10.9. The molecule has 0 bridgehead atoms. The van der Waals surface area contributed by atoms with Crippen LogP contribution in [0.15, 0.2) is 103 Å². The molecule has 0 spiro atoms. The second-order valence-corrected chi connectivity index (χ2v) is 11.7. The third kappa shape index (κ3) is 8.49. The van der Waals surface area contributed by atoms with Crippen LogP contribution in [-0.4, -0.2) is 57.1 Å². The molecule has 234 valence electrons. The van der Waals surface area contributed by atoms with E-state index >= 15 is 4.39 Å². The van der Waals surface area contributed by atoms with Crippen molar-refractivity contribution in [1.82, 2.24) is 30.4 Å². The van der Waals surface area contributed by atoms with Crippen molar-refractivity contribution in [1.29, 1.82) is 0 Å². The predicted molar refractivity (Wildman–Crippen MR) is 186 cm³/mol. The van der Waals surface area contributed by atoms with Gasteiger partial charge in [0.05, 0.1) is 11.4 Å². The maximum absolute atomic E-state index is 15.4. The van der Waals surface area contributed by atoms with Crippen molar-refractivity contribution in [2.75, 3.05) is 19.4 Å². The van der Waals surface area contributed by atoms with E-state index in [0.717, 1.165) is 32.2 Å². The minimum Gasteiger partial charge on any atom is -0.340 e. The molecule has 0 aliphatic rings. The van der Waals surface area contributed by atoms with Gasteiger partial charge in [0, 0.05) is 29.0 Å². The monoisotopic (exact) mass is 729 g/mol. The molecule has 0 unspecified atom stereocenters. The molecule has 1 aromatic heterocycles. The molecular formula is C35H33FIN7O2. The third-order valence-electron chi connectivity index (χ3n) is 7.21. The van der Waals surface area contributed by atoms with Gasteiger partial charge in [-0.25, -0.2) is 4.39 Å². The highest BCUT2D eigenvalue weighted by Gasteiger charge is 2.22. The minimum atomic E-state index is -0.973. The lowest BCUT2D eigenvalue weighted by Gasteiger charge is -2.19. The smallest absolute Gasteiger partial charge is 0.247 e. The van der Waals surface area contributed by atoms with Crippen molar-refractivity contribution >= 4 is 46.2 Å². The van der Waals surface area contributed by atoms with Crippen molar-refractivity contribution in [2.24, 2.45) is 0 Å². The molecule has 5 aromatic rings. The van der Waals surface area contributed by atoms with E-state index in [-0.39, 0.29) is 12.1 Å². The average molecular weight is 730 g/mol. The number of carbonyl (C=O) groups excluding carboxylic acids is 2. The summed E-state index contributed by atoms with van der Waals surface area (Å²) in [6.45, 7) is 0.703. The summed E-state index contributed by atoms with van der Waals surface area (Å²) in [7, 11) is 3.96. The van der Waals surface area contributed by atoms with E-state index in [2.05, 4.69) is 53.6 Å². The number of benzene rings is 4. The number of tetrazole rings is 1. The van der Waals surface area contributed by atoms with Crippen LogP contribution < -0.4 is 10.6 Å². The first-order valence-electron chi connectivity index (χ1n) is 14.6. The summed E-state index contributed by atoms with van der Waals surface area (Å²) in [5, 5.41) is 16.9. The summed E-state index contributed by atoms with van der Waals surface area (Å²) in [5.74, 6) is -1.58. The fraction of sp³-hybridized carbons (Fsp3) is 0.171. The molecule has 0 saturated heterocycles. The maximum Gasteiger partial charge on any atom is 0.247 e. The predicted octanol–water partition coefficient (Wildman–Crippen LogP) is 5.84. The van der Waals surface area contributed by atoms with E-state index in [1.807, 2.05) is 86.9 Å². The van der Waals surface area contributed by atoms with Gasteiger partial charge < -0.3 is 15.5 Å². The highest BCUT2D eigenvalue weighted by Crippen LogP contribution is 2.28. The summed E-state index contributed by atoms with van der Waals surface area (Å²) in [6, 6.07) is 26.8. The first kappa shape index (κ1) is 32.6. The standard InChI is InChI=1S/C35H33FIN7O2/c1-43(2)22-28-10-6-7-11-29(28)26-13-15-31(30(36)20-26)40-35(46)32(19-24-8-4-3-5-9-24)39-34(45)17-14-27-18-25(21-37)12-16-33(27)44-23-38-41-42-44/h3-18,20,23,32H,19,21-22H2,1-2H3,(H,39,45)(H,40,46)/b17-14+/t32-/m0/s1. The number of alkyl halides is 1. The lowest BCUT2D eigenvalue weighted by Crippen LogP contribution is -2.44. The Morgan fingerprint density at radius 3 is 2.48 bits per heavy atom. The van der Waals surface area contributed by atoms with Crippen molar-refractivity contribution in [3.63, 3.8) is 0 Å². The van der Waals surface area contributed by atoms with E-state index in [1.54, 1.807) is 18.2 Å². The normalized spacial score (nSPS) is 11.9. The maximum atomic E-state index is 15.4. The minimum absolute atomic E-state index is 0.0309. The molecule has 5 rings (SSSR count). The Morgan fingerprint density at radius 2 is 1.76 bits per heavy atom. The van der Waals surface area contributed by atoms with Crippen molar-refractivity contribution in [3.8, 4) is 16.8 Å². The molecule has 11 heteroatoms. The van der Waals surface area contributed by atoms with Crippen molar-refractivity contribution in [2.45, 2.75) is 23.4 Å². The summed E-state index contributed by atoms with van der Waals surface area (Å²) < 4.78 is 17.7. The molecule has 1 heterocycles. The second kappa shape index (κ2) is 15.5. The molecule has 0 radical (unpaired) electrons. The van der Waals surface area contributed by atoms with Crippen molar-refractivity contribution < 1.29 is 14.0 Å². The van der Waals surface area contributed by atoms with Crippen LogP contribution in [0.2, 0.25) is 0 Å². The molecular weight excluding hydrogens is 696 g/mol. The average Bonchev–Trinajstić information content (AvgIpc) is 3.60.